The molecule has 0 radical (unpaired) electrons. The Bertz CT molecular complexity index is 1440. The molecule has 5 atom stereocenters. The molecule has 2 aliphatic heterocycles. The van der Waals surface area contributed by atoms with E-state index in [-0.39, 0.29) is 31.2 Å². The van der Waals surface area contributed by atoms with E-state index < -0.39 is 72.1 Å². The minimum atomic E-state index is -1.35. The number of fused-ring (bicyclic) bond motifs is 2. The highest BCUT2D eigenvalue weighted by molar-refractivity contribution is 5.99. The molecule has 13 nitrogen and oxygen atoms in total. The number of carbonyl (C=O) groups excluding carboxylic acids is 6. The Morgan fingerprint density at radius 3 is 2.24 bits per heavy atom. The molecule has 244 valence electrons. The summed E-state index contributed by atoms with van der Waals surface area (Å²) in [7, 11) is 1.18. The number of H-pyrrole nitrogens is 1. The van der Waals surface area contributed by atoms with E-state index in [1.165, 1.54) is 12.0 Å². The van der Waals surface area contributed by atoms with Crippen molar-refractivity contribution in [3.63, 3.8) is 0 Å². The second-order valence-electron chi connectivity index (χ2n) is 12.6. The zero-order valence-corrected chi connectivity index (χ0v) is 26.5. The molecule has 3 heterocycles. The van der Waals surface area contributed by atoms with Gasteiger partial charge in [-0.1, -0.05) is 45.9 Å². The molecule has 1 aromatic heterocycles. The largest absolute Gasteiger partial charge is 0.469 e. The van der Waals surface area contributed by atoms with Crippen molar-refractivity contribution in [3.05, 3.63) is 36.0 Å². The number of ether oxygens (including phenoxy) is 1. The third kappa shape index (κ3) is 8.00. The SMILES string of the molecule is COC(=O)C[C@H]1NC(=O)[C@@H](Cc2c[nH]c3ccccc23)NC(=O)[C@H](CC(C)C)NC(=O)[C@@H](C(C)C)NC(=O)[C@@H]2CCCN2C1=O. The van der Waals surface area contributed by atoms with Gasteiger partial charge in [0, 0.05) is 30.1 Å². The fourth-order valence-electron chi connectivity index (χ4n) is 5.98. The minimum absolute atomic E-state index is 0.00484. The van der Waals surface area contributed by atoms with Crippen molar-refractivity contribution in [2.75, 3.05) is 13.7 Å². The Kier molecular flexibility index (Phi) is 10.8. The van der Waals surface area contributed by atoms with Crippen molar-refractivity contribution >= 4 is 46.4 Å². The molecule has 2 fully saturated rings. The minimum Gasteiger partial charge on any atom is -0.469 e. The fraction of sp³-hybridized carbons (Fsp3) is 0.562. The molecule has 0 aliphatic carbocycles. The van der Waals surface area contributed by atoms with Crippen LogP contribution < -0.4 is 21.3 Å². The Hall–Kier alpha value is -4.42. The van der Waals surface area contributed by atoms with Crippen LogP contribution in [0.4, 0.5) is 0 Å². The van der Waals surface area contributed by atoms with Gasteiger partial charge >= 0.3 is 5.97 Å². The summed E-state index contributed by atoms with van der Waals surface area (Å²) in [6, 6.07) is 2.11. The van der Waals surface area contributed by atoms with Crippen molar-refractivity contribution in [2.24, 2.45) is 11.8 Å². The molecule has 4 rings (SSSR count). The summed E-state index contributed by atoms with van der Waals surface area (Å²) in [5.41, 5.74) is 1.59. The highest BCUT2D eigenvalue weighted by Gasteiger charge is 2.41. The number of nitrogens with zero attached hydrogens (tertiary/aromatic N) is 1. The second-order valence-corrected chi connectivity index (χ2v) is 12.6. The lowest BCUT2D eigenvalue weighted by Gasteiger charge is -2.30. The molecule has 2 aliphatic rings. The van der Waals surface area contributed by atoms with Crippen LogP contribution in [-0.2, 0) is 39.9 Å². The number of amides is 5. The number of para-hydroxylation sites is 1. The highest BCUT2D eigenvalue weighted by Crippen LogP contribution is 2.22. The second kappa shape index (κ2) is 14.6. The van der Waals surface area contributed by atoms with Gasteiger partial charge in [0.05, 0.1) is 13.5 Å². The number of nitrogens with one attached hydrogen (secondary N) is 5. The topological polar surface area (TPSA) is 179 Å². The molecule has 2 saturated heterocycles. The molecular formula is C32H44N6O7. The van der Waals surface area contributed by atoms with Crippen LogP contribution in [0.3, 0.4) is 0 Å². The number of hydrogen-bond acceptors (Lipinski definition) is 7. The number of carbonyl (C=O) groups is 6. The van der Waals surface area contributed by atoms with E-state index in [0.29, 0.717) is 12.8 Å². The summed E-state index contributed by atoms with van der Waals surface area (Å²) in [5.74, 6) is -4.01. The maximum atomic E-state index is 14.0. The molecule has 0 saturated carbocycles. The standard InChI is InChI=1S/C32H44N6O7/c1-17(2)13-22-28(40)34-23(14-19-16-33-21-10-7-6-9-20(19)21)29(41)36-24(15-26(39)45-5)32(44)38-12-8-11-25(38)30(42)37-27(18(3)4)31(43)35-22/h6-7,9-10,16-18,22-25,27,33H,8,11-15H2,1-5H3,(H,34,40)(H,35,43)(H,36,41)(H,37,42)/t22-,23+,24+,25-,27+/m0/s1. The normalized spacial score (nSPS) is 25.3. The molecule has 0 spiro atoms. The molecule has 5 amide bonds. The van der Waals surface area contributed by atoms with Crippen LogP contribution in [0, 0.1) is 11.8 Å². The molecule has 0 unspecified atom stereocenters. The monoisotopic (exact) mass is 624 g/mol. The third-order valence-corrected chi connectivity index (χ3v) is 8.37. The number of aromatic amines is 1. The average Bonchev–Trinajstić information content (AvgIpc) is 3.65. The Labute approximate surface area is 262 Å². The van der Waals surface area contributed by atoms with Gasteiger partial charge in [0.1, 0.15) is 30.2 Å². The quantitative estimate of drug-likeness (QED) is 0.284. The van der Waals surface area contributed by atoms with Crippen molar-refractivity contribution in [1.82, 2.24) is 31.2 Å². The van der Waals surface area contributed by atoms with Gasteiger partial charge in [-0.05, 0) is 42.7 Å². The lowest BCUT2D eigenvalue weighted by molar-refractivity contribution is -0.147. The molecule has 45 heavy (non-hydrogen) atoms. The number of rotatable bonds is 7. The van der Waals surface area contributed by atoms with Gasteiger partial charge in [-0.15, -0.1) is 0 Å². The van der Waals surface area contributed by atoms with Crippen molar-refractivity contribution in [2.45, 2.75) is 90.0 Å². The summed E-state index contributed by atoms with van der Waals surface area (Å²) in [6.07, 6.45) is 2.49. The number of aromatic nitrogens is 1. The summed E-state index contributed by atoms with van der Waals surface area (Å²) in [5, 5.41) is 11.9. The van der Waals surface area contributed by atoms with Gasteiger partial charge in [0.25, 0.3) is 0 Å². The van der Waals surface area contributed by atoms with Gasteiger partial charge in [0.2, 0.25) is 29.5 Å². The first kappa shape index (κ1) is 33.5. The Balaban J connectivity index is 1.77. The zero-order chi connectivity index (χ0) is 32.8. The van der Waals surface area contributed by atoms with Gasteiger partial charge in [-0.2, -0.15) is 0 Å². The smallest absolute Gasteiger partial charge is 0.308 e. The average molecular weight is 625 g/mol. The van der Waals surface area contributed by atoms with Gasteiger partial charge in [0.15, 0.2) is 0 Å². The first-order valence-corrected chi connectivity index (χ1v) is 15.5. The van der Waals surface area contributed by atoms with Gasteiger partial charge in [-0.25, -0.2) is 0 Å². The van der Waals surface area contributed by atoms with E-state index in [0.717, 1.165) is 16.5 Å². The zero-order valence-electron chi connectivity index (χ0n) is 26.5. The van der Waals surface area contributed by atoms with Crippen LogP contribution in [0.15, 0.2) is 30.5 Å². The number of hydrogen-bond donors (Lipinski definition) is 5. The Morgan fingerprint density at radius 2 is 1.56 bits per heavy atom. The summed E-state index contributed by atoms with van der Waals surface area (Å²) in [4.78, 5) is 85.6. The van der Waals surface area contributed by atoms with Crippen LogP contribution in [0.2, 0.25) is 0 Å². The molecule has 2 aromatic rings. The summed E-state index contributed by atoms with van der Waals surface area (Å²) < 4.78 is 4.82. The first-order chi connectivity index (χ1) is 21.4. The van der Waals surface area contributed by atoms with E-state index in [4.69, 9.17) is 4.74 Å². The lowest BCUT2D eigenvalue weighted by atomic mass is 9.98. The van der Waals surface area contributed by atoms with Crippen LogP contribution >= 0.6 is 0 Å². The van der Waals surface area contributed by atoms with Gasteiger partial charge in [-0.3, -0.25) is 28.8 Å². The predicted molar refractivity (Wildman–Crippen MR) is 165 cm³/mol. The maximum Gasteiger partial charge on any atom is 0.308 e. The first-order valence-electron chi connectivity index (χ1n) is 15.5. The van der Waals surface area contributed by atoms with E-state index in [9.17, 15) is 28.8 Å². The summed E-state index contributed by atoms with van der Waals surface area (Å²) >= 11 is 0. The number of benzene rings is 1. The molecule has 0 bridgehead atoms. The predicted octanol–water partition coefficient (Wildman–Crippen LogP) is 0.919. The van der Waals surface area contributed by atoms with E-state index in [2.05, 4.69) is 26.3 Å². The van der Waals surface area contributed by atoms with Crippen LogP contribution in [0.25, 0.3) is 10.9 Å². The Morgan fingerprint density at radius 1 is 0.889 bits per heavy atom. The molecule has 5 N–H and O–H groups in total. The van der Waals surface area contributed by atoms with Gasteiger partial charge < -0.3 is 35.9 Å². The van der Waals surface area contributed by atoms with Crippen molar-refractivity contribution in [1.29, 1.82) is 0 Å². The van der Waals surface area contributed by atoms with E-state index >= 15 is 0 Å². The van der Waals surface area contributed by atoms with Crippen molar-refractivity contribution in [3.8, 4) is 0 Å². The number of methoxy groups -OCH3 is 1. The summed E-state index contributed by atoms with van der Waals surface area (Å²) in [6.45, 7) is 7.60. The molecule has 13 heteroatoms. The number of esters is 1. The van der Waals surface area contributed by atoms with Crippen LogP contribution in [0.1, 0.15) is 58.9 Å². The van der Waals surface area contributed by atoms with Crippen LogP contribution in [0.5, 0.6) is 0 Å². The maximum absolute atomic E-state index is 14.0. The molecule has 1 aromatic carbocycles. The fourth-order valence-corrected chi connectivity index (χ4v) is 5.98. The lowest BCUT2D eigenvalue weighted by Crippen LogP contribution is -2.59. The van der Waals surface area contributed by atoms with Crippen molar-refractivity contribution < 1.29 is 33.5 Å². The van der Waals surface area contributed by atoms with E-state index in [1.807, 2.05) is 38.1 Å². The highest BCUT2D eigenvalue weighted by atomic mass is 16.5. The van der Waals surface area contributed by atoms with E-state index in [1.54, 1.807) is 20.0 Å². The van der Waals surface area contributed by atoms with Crippen LogP contribution in [-0.4, -0.2) is 89.3 Å². The molecular weight excluding hydrogens is 580 g/mol. The third-order valence-electron chi connectivity index (χ3n) is 8.37.